The number of rotatable bonds is 6. The summed E-state index contributed by atoms with van der Waals surface area (Å²) in [5.41, 5.74) is 2.33. The molecule has 1 unspecified atom stereocenters. The van der Waals surface area contributed by atoms with Gasteiger partial charge in [-0.25, -0.2) is 0 Å². The van der Waals surface area contributed by atoms with Crippen LogP contribution < -0.4 is 10.1 Å². The molecule has 4 bridgehead atoms. The normalized spacial score (nSPS) is 32.6. The first-order valence-electron chi connectivity index (χ1n) is 10.5. The smallest absolute Gasteiger partial charge is 0.241 e. The van der Waals surface area contributed by atoms with Crippen LogP contribution in [0.2, 0.25) is 0 Å². The second kappa shape index (κ2) is 7.12. The number of anilines is 1. The molecule has 148 valence electrons. The monoisotopic (exact) mass is 370 g/mol. The largest absolute Gasteiger partial charge is 0.495 e. The Labute approximate surface area is 163 Å². The van der Waals surface area contributed by atoms with Crippen molar-refractivity contribution in [3.05, 3.63) is 23.8 Å². The molecule has 4 fully saturated rings. The number of aryl methyl sites for hydroxylation is 1. The molecule has 27 heavy (non-hydrogen) atoms. The maximum atomic E-state index is 12.9. The molecule has 5 rings (SSSR count). The van der Waals surface area contributed by atoms with E-state index in [0.717, 1.165) is 35.5 Å². The van der Waals surface area contributed by atoms with Crippen molar-refractivity contribution >= 4 is 11.6 Å². The molecule has 0 saturated heterocycles. The highest BCUT2D eigenvalue weighted by atomic mass is 16.5. The van der Waals surface area contributed by atoms with Gasteiger partial charge in [0.1, 0.15) is 5.75 Å². The quantitative estimate of drug-likeness (QED) is 0.803. The molecular formula is C23H34N2O2. The zero-order chi connectivity index (χ0) is 19.2. The molecule has 1 amide bonds. The topological polar surface area (TPSA) is 41.6 Å². The number of hydrogen-bond acceptors (Lipinski definition) is 3. The molecule has 4 aliphatic carbocycles. The zero-order valence-corrected chi connectivity index (χ0v) is 17.3. The highest BCUT2D eigenvalue weighted by Crippen LogP contribution is 2.60. The second-order valence-corrected chi connectivity index (χ2v) is 9.70. The van der Waals surface area contributed by atoms with E-state index in [1.807, 2.05) is 32.0 Å². The predicted molar refractivity (Wildman–Crippen MR) is 109 cm³/mol. The maximum Gasteiger partial charge on any atom is 0.241 e. The van der Waals surface area contributed by atoms with E-state index in [1.54, 1.807) is 7.11 Å². The Morgan fingerprint density at radius 2 is 1.81 bits per heavy atom. The fourth-order valence-electron chi connectivity index (χ4n) is 6.51. The minimum Gasteiger partial charge on any atom is -0.495 e. The Morgan fingerprint density at radius 3 is 2.37 bits per heavy atom. The minimum atomic E-state index is -0.150. The van der Waals surface area contributed by atoms with Gasteiger partial charge in [0.15, 0.2) is 0 Å². The first-order chi connectivity index (χ1) is 12.9. The van der Waals surface area contributed by atoms with Crippen molar-refractivity contribution in [3.63, 3.8) is 0 Å². The number of amides is 1. The molecule has 0 aromatic heterocycles. The van der Waals surface area contributed by atoms with Crippen LogP contribution in [0.1, 0.15) is 51.0 Å². The van der Waals surface area contributed by atoms with Gasteiger partial charge in [-0.3, -0.25) is 9.69 Å². The van der Waals surface area contributed by atoms with Crippen LogP contribution in [0.5, 0.6) is 5.75 Å². The first-order valence-corrected chi connectivity index (χ1v) is 10.5. The SMILES string of the molecule is COc1ccc(C)cc1NC(=O)C(C)N(C)CC12CC3CC(CC(C3)C1)C2. The van der Waals surface area contributed by atoms with Crippen LogP contribution in [0.15, 0.2) is 18.2 Å². The van der Waals surface area contributed by atoms with Crippen molar-refractivity contribution < 1.29 is 9.53 Å². The molecule has 0 heterocycles. The number of nitrogens with zero attached hydrogens (tertiary/aromatic N) is 1. The molecule has 4 aliphatic rings. The Morgan fingerprint density at radius 1 is 1.22 bits per heavy atom. The highest BCUT2D eigenvalue weighted by Gasteiger charge is 2.51. The summed E-state index contributed by atoms with van der Waals surface area (Å²) in [7, 11) is 3.76. The Balaban J connectivity index is 1.41. The van der Waals surface area contributed by atoms with E-state index in [9.17, 15) is 4.79 Å². The van der Waals surface area contributed by atoms with Crippen molar-refractivity contribution in [1.82, 2.24) is 4.90 Å². The Bertz CT molecular complexity index is 679. The fraction of sp³-hybridized carbons (Fsp3) is 0.696. The molecule has 4 saturated carbocycles. The van der Waals surface area contributed by atoms with Crippen LogP contribution in [0, 0.1) is 30.1 Å². The minimum absolute atomic E-state index is 0.0473. The lowest BCUT2D eigenvalue weighted by Gasteiger charge is -2.58. The summed E-state index contributed by atoms with van der Waals surface area (Å²) in [6.07, 6.45) is 8.53. The van der Waals surface area contributed by atoms with Crippen LogP contribution >= 0.6 is 0 Å². The zero-order valence-electron chi connectivity index (χ0n) is 17.3. The van der Waals surface area contributed by atoms with Gasteiger partial charge in [-0.2, -0.15) is 0 Å². The summed E-state index contributed by atoms with van der Waals surface area (Å²) in [6.45, 7) is 5.10. The second-order valence-electron chi connectivity index (χ2n) is 9.70. The third-order valence-corrected chi connectivity index (χ3v) is 7.40. The van der Waals surface area contributed by atoms with Gasteiger partial charge in [0.05, 0.1) is 18.8 Å². The molecule has 1 aromatic rings. The lowest BCUT2D eigenvalue weighted by molar-refractivity contribution is -0.122. The van der Waals surface area contributed by atoms with Crippen LogP contribution in [0.25, 0.3) is 0 Å². The summed E-state index contributed by atoms with van der Waals surface area (Å²) in [5, 5.41) is 3.09. The molecule has 0 aliphatic heterocycles. The average molecular weight is 371 g/mol. The van der Waals surface area contributed by atoms with Crippen molar-refractivity contribution in [2.75, 3.05) is 26.0 Å². The predicted octanol–water partition coefficient (Wildman–Crippen LogP) is 4.48. The van der Waals surface area contributed by atoms with Gasteiger partial charge in [-0.15, -0.1) is 0 Å². The van der Waals surface area contributed by atoms with Crippen LogP contribution in [0.3, 0.4) is 0 Å². The van der Waals surface area contributed by atoms with E-state index < -0.39 is 0 Å². The lowest BCUT2D eigenvalue weighted by Crippen LogP contribution is -2.53. The Kier molecular flexibility index (Phi) is 4.96. The maximum absolute atomic E-state index is 12.9. The molecule has 1 aromatic carbocycles. The number of methoxy groups -OCH3 is 1. The number of benzene rings is 1. The van der Waals surface area contributed by atoms with Gasteiger partial charge in [-0.1, -0.05) is 6.07 Å². The molecule has 0 radical (unpaired) electrons. The molecule has 4 nitrogen and oxygen atoms in total. The van der Waals surface area contributed by atoms with Crippen molar-refractivity contribution in [1.29, 1.82) is 0 Å². The van der Waals surface area contributed by atoms with Crippen molar-refractivity contribution in [2.24, 2.45) is 23.2 Å². The number of nitrogens with one attached hydrogen (secondary N) is 1. The third kappa shape index (κ3) is 3.73. The standard InChI is InChI=1S/C23H34N2O2/c1-15-5-6-21(27-4)20(7-15)24-22(26)16(2)25(3)14-23-11-17-8-18(12-23)10-19(9-17)13-23/h5-7,16-19H,8-14H2,1-4H3,(H,24,26). The van der Waals surface area contributed by atoms with Gasteiger partial charge in [0, 0.05) is 6.54 Å². The van der Waals surface area contributed by atoms with E-state index in [-0.39, 0.29) is 11.9 Å². The molecular weight excluding hydrogens is 336 g/mol. The van der Waals surface area contributed by atoms with E-state index in [2.05, 4.69) is 17.3 Å². The Hall–Kier alpha value is -1.55. The van der Waals surface area contributed by atoms with Gasteiger partial charge < -0.3 is 10.1 Å². The first kappa shape index (κ1) is 18.8. The lowest BCUT2D eigenvalue weighted by atomic mass is 9.49. The number of ether oxygens (including phenoxy) is 1. The number of likely N-dealkylation sites (N-methyl/N-ethyl adjacent to an activating group) is 1. The third-order valence-electron chi connectivity index (χ3n) is 7.40. The van der Waals surface area contributed by atoms with Gasteiger partial charge in [0.25, 0.3) is 0 Å². The van der Waals surface area contributed by atoms with E-state index >= 15 is 0 Å². The molecule has 1 N–H and O–H groups in total. The number of hydrogen-bond donors (Lipinski definition) is 1. The van der Waals surface area contributed by atoms with E-state index in [1.165, 1.54) is 38.5 Å². The number of carbonyl (C=O) groups is 1. The summed E-state index contributed by atoms with van der Waals surface area (Å²) >= 11 is 0. The summed E-state index contributed by atoms with van der Waals surface area (Å²) < 4.78 is 5.40. The van der Waals surface area contributed by atoms with Crippen molar-refractivity contribution in [3.8, 4) is 5.75 Å². The van der Waals surface area contributed by atoms with E-state index in [4.69, 9.17) is 4.74 Å². The van der Waals surface area contributed by atoms with Crippen LogP contribution in [-0.2, 0) is 4.79 Å². The van der Waals surface area contributed by atoms with Crippen LogP contribution in [-0.4, -0.2) is 37.6 Å². The van der Waals surface area contributed by atoms with Gasteiger partial charge in [-0.05, 0) is 100 Å². The van der Waals surface area contributed by atoms with E-state index in [0.29, 0.717) is 11.2 Å². The average Bonchev–Trinajstić information content (AvgIpc) is 2.59. The molecule has 1 atom stereocenters. The molecule has 0 spiro atoms. The highest BCUT2D eigenvalue weighted by molar-refractivity contribution is 5.95. The summed E-state index contributed by atoms with van der Waals surface area (Å²) in [4.78, 5) is 15.2. The number of carbonyl (C=O) groups excluding carboxylic acids is 1. The van der Waals surface area contributed by atoms with Crippen LogP contribution in [0.4, 0.5) is 5.69 Å². The van der Waals surface area contributed by atoms with Gasteiger partial charge in [0.2, 0.25) is 5.91 Å². The van der Waals surface area contributed by atoms with Crippen molar-refractivity contribution in [2.45, 2.75) is 58.4 Å². The van der Waals surface area contributed by atoms with Gasteiger partial charge >= 0.3 is 0 Å². The molecule has 4 heteroatoms. The summed E-state index contributed by atoms with van der Waals surface area (Å²) in [5.74, 6) is 3.61. The summed E-state index contributed by atoms with van der Waals surface area (Å²) in [6, 6.07) is 5.73. The fourth-order valence-corrected chi connectivity index (χ4v) is 6.51.